The third-order valence-electron chi connectivity index (χ3n) is 3.49. The van der Waals surface area contributed by atoms with Crippen LogP contribution in [0.15, 0.2) is 0 Å². The predicted octanol–water partition coefficient (Wildman–Crippen LogP) is 5.76. The first kappa shape index (κ1) is 20.8. The first-order valence-corrected chi connectivity index (χ1v) is 7.99. The van der Waals surface area contributed by atoms with Gasteiger partial charge in [-0.25, -0.2) is 0 Å². The molecule has 0 unspecified atom stereocenters. The summed E-state index contributed by atoms with van der Waals surface area (Å²) in [5.74, 6) is -0.655. The molecule has 0 aromatic heterocycles. The third-order valence-corrected chi connectivity index (χ3v) is 3.49. The molecule has 0 aliphatic rings. The Morgan fingerprint density at radius 1 is 0.684 bits per heavy atom. The number of unbranched alkanes of at least 4 members (excludes halogenated alkanes) is 12. The standard InChI is InChI=1S/C16H32O2.CH/c1-2-3-4-5-6-7-8-9-10-11-12-13-14-15-16(17)18;/h2-15H2,1H3,(H,17,18);1H. The molecule has 0 fully saturated rings. The van der Waals surface area contributed by atoms with Gasteiger partial charge in [-0.2, -0.15) is 0 Å². The van der Waals surface area contributed by atoms with E-state index in [0.29, 0.717) is 6.42 Å². The molecule has 0 aromatic carbocycles. The fourth-order valence-electron chi connectivity index (χ4n) is 2.29. The lowest BCUT2D eigenvalue weighted by molar-refractivity contribution is -0.137. The van der Waals surface area contributed by atoms with Gasteiger partial charge in [0.1, 0.15) is 0 Å². The molecule has 2 heteroatoms. The predicted molar refractivity (Wildman–Crippen MR) is 82.2 cm³/mol. The number of carboxylic acids is 1. The summed E-state index contributed by atoms with van der Waals surface area (Å²) in [6.45, 7) is 2.26. The van der Waals surface area contributed by atoms with Crippen LogP contribution in [0.5, 0.6) is 0 Å². The number of aliphatic carboxylic acids is 1. The molecule has 0 aromatic rings. The summed E-state index contributed by atoms with van der Waals surface area (Å²) in [5.41, 5.74) is 0. The van der Waals surface area contributed by atoms with Gasteiger partial charge in [0.2, 0.25) is 0 Å². The Labute approximate surface area is 121 Å². The van der Waals surface area contributed by atoms with Crippen molar-refractivity contribution in [2.75, 3.05) is 0 Å². The van der Waals surface area contributed by atoms with Crippen molar-refractivity contribution in [3.8, 4) is 0 Å². The Balaban J connectivity index is 0. The molecule has 0 bridgehead atoms. The van der Waals surface area contributed by atoms with Crippen LogP contribution < -0.4 is 0 Å². The van der Waals surface area contributed by atoms with E-state index in [0.717, 1.165) is 12.8 Å². The second-order valence-corrected chi connectivity index (χ2v) is 5.39. The lowest BCUT2D eigenvalue weighted by atomic mass is 10.0. The Hall–Kier alpha value is -0.530. The van der Waals surface area contributed by atoms with Crippen molar-refractivity contribution in [3.63, 3.8) is 0 Å². The molecule has 113 valence electrons. The molecule has 0 heterocycles. The van der Waals surface area contributed by atoms with Gasteiger partial charge in [-0.1, -0.05) is 84.0 Å². The summed E-state index contributed by atoms with van der Waals surface area (Å²) in [5, 5.41) is 8.49. The first-order chi connectivity index (χ1) is 8.77. The number of carbonyl (C=O) groups is 1. The second-order valence-electron chi connectivity index (χ2n) is 5.39. The van der Waals surface area contributed by atoms with Crippen molar-refractivity contribution in [2.24, 2.45) is 0 Å². The van der Waals surface area contributed by atoms with Crippen LogP contribution in [0.4, 0.5) is 0 Å². The Bertz CT molecular complexity index is 178. The van der Waals surface area contributed by atoms with Crippen LogP contribution >= 0.6 is 0 Å². The molecule has 0 saturated heterocycles. The van der Waals surface area contributed by atoms with Crippen LogP contribution in [0.2, 0.25) is 0 Å². The molecule has 0 rings (SSSR count). The molecule has 2 nitrogen and oxygen atoms in total. The average Bonchev–Trinajstić information content (AvgIpc) is 2.34. The van der Waals surface area contributed by atoms with E-state index in [2.05, 4.69) is 6.92 Å². The maximum absolute atomic E-state index is 10.3. The lowest BCUT2D eigenvalue weighted by Gasteiger charge is -2.02. The van der Waals surface area contributed by atoms with E-state index < -0.39 is 5.97 Å². The molecule has 0 aliphatic carbocycles. The van der Waals surface area contributed by atoms with Gasteiger partial charge in [-0.3, -0.25) is 4.79 Å². The van der Waals surface area contributed by atoms with Gasteiger partial charge in [0.05, 0.1) is 0 Å². The van der Waals surface area contributed by atoms with Gasteiger partial charge in [-0.15, -0.1) is 0 Å². The highest BCUT2D eigenvalue weighted by molar-refractivity contribution is 5.66. The fourth-order valence-corrected chi connectivity index (χ4v) is 2.29. The molecule has 0 amide bonds. The van der Waals surface area contributed by atoms with E-state index >= 15 is 0 Å². The van der Waals surface area contributed by atoms with Crippen LogP contribution in [-0.4, -0.2) is 11.1 Å². The molecule has 19 heavy (non-hydrogen) atoms. The van der Waals surface area contributed by atoms with Gasteiger partial charge in [-0.05, 0) is 13.8 Å². The first-order valence-electron chi connectivity index (χ1n) is 7.99. The summed E-state index contributed by atoms with van der Waals surface area (Å²) in [6.07, 6.45) is 17.3. The summed E-state index contributed by atoms with van der Waals surface area (Å²) in [6, 6.07) is 0. The van der Waals surface area contributed by atoms with Gasteiger partial charge < -0.3 is 5.11 Å². The Morgan fingerprint density at radius 2 is 1.00 bits per heavy atom. The van der Waals surface area contributed by atoms with Crippen LogP contribution in [0, 0.1) is 7.43 Å². The molecule has 0 saturated carbocycles. The quantitative estimate of drug-likeness (QED) is 0.407. The minimum Gasteiger partial charge on any atom is -0.481 e. The summed E-state index contributed by atoms with van der Waals surface area (Å²) < 4.78 is 0. The van der Waals surface area contributed by atoms with Gasteiger partial charge in [0, 0.05) is 6.42 Å². The maximum Gasteiger partial charge on any atom is 0.303 e. The minimum atomic E-state index is -0.655. The van der Waals surface area contributed by atoms with Crippen molar-refractivity contribution < 1.29 is 9.90 Å². The van der Waals surface area contributed by atoms with E-state index in [1.54, 1.807) is 0 Å². The van der Waals surface area contributed by atoms with E-state index in [-0.39, 0.29) is 7.43 Å². The SMILES string of the molecule is CCCCCCCCCCCCCCCC(=O)O.[CH]. The van der Waals surface area contributed by atoms with Gasteiger partial charge >= 0.3 is 5.97 Å². The molecule has 0 spiro atoms. The van der Waals surface area contributed by atoms with Crippen molar-refractivity contribution in [3.05, 3.63) is 7.43 Å². The van der Waals surface area contributed by atoms with E-state index in [1.165, 1.54) is 70.6 Å². The largest absolute Gasteiger partial charge is 0.481 e. The number of carboxylic acid groups (broad SMARTS) is 1. The van der Waals surface area contributed by atoms with E-state index in [1.807, 2.05) is 0 Å². The normalized spacial score (nSPS) is 10.2. The topological polar surface area (TPSA) is 37.3 Å². The molecule has 1 N–H and O–H groups in total. The van der Waals surface area contributed by atoms with Crippen molar-refractivity contribution in [2.45, 2.75) is 96.8 Å². The Kier molecular flexibility index (Phi) is 19.1. The summed E-state index contributed by atoms with van der Waals surface area (Å²) >= 11 is 0. The van der Waals surface area contributed by atoms with Crippen LogP contribution in [-0.2, 0) is 4.79 Å². The van der Waals surface area contributed by atoms with E-state index in [4.69, 9.17) is 5.11 Å². The smallest absolute Gasteiger partial charge is 0.303 e. The van der Waals surface area contributed by atoms with Crippen LogP contribution in [0.3, 0.4) is 0 Å². The highest BCUT2D eigenvalue weighted by atomic mass is 16.4. The number of rotatable bonds is 14. The lowest BCUT2D eigenvalue weighted by Crippen LogP contribution is -1.93. The van der Waals surface area contributed by atoms with Crippen molar-refractivity contribution in [1.82, 2.24) is 0 Å². The molecular weight excluding hydrogens is 236 g/mol. The molecular formula is C17H33O2. The third kappa shape index (κ3) is 20.0. The maximum atomic E-state index is 10.3. The van der Waals surface area contributed by atoms with Crippen molar-refractivity contribution in [1.29, 1.82) is 0 Å². The van der Waals surface area contributed by atoms with Gasteiger partial charge in [0.25, 0.3) is 0 Å². The highest BCUT2D eigenvalue weighted by Gasteiger charge is 1.96. The number of hydrogen-bond acceptors (Lipinski definition) is 1. The van der Waals surface area contributed by atoms with Crippen molar-refractivity contribution >= 4 is 5.97 Å². The van der Waals surface area contributed by atoms with Crippen LogP contribution in [0.25, 0.3) is 0 Å². The monoisotopic (exact) mass is 269 g/mol. The van der Waals surface area contributed by atoms with E-state index in [9.17, 15) is 4.79 Å². The van der Waals surface area contributed by atoms with Gasteiger partial charge in [0.15, 0.2) is 0 Å². The fraction of sp³-hybridized carbons (Fsp3) is 0.882. The number of hydrogen-bond donors (Lipinski definition) is 1. The Morgan fingerprint density at radius 3 is 1.32 bits per heavy atom. The summed E-state index contributed by atoms with van der Waals surface area (Å²) in [4.78, 5) is 10.3. The zero-order valence-electron chi connectivity index (χ0n) is 12.8. The zero-order valence-corrected chi connectivity index (χ0v) is 12.8. The second kappa shape index (κ2) is 17.5. The highest BCUT2D eigenvalue weighted by Crippen LogP contribution is 2.12. The molecule has 0 aliphatic heterocycles. The summed E-state index contributed by atoms with van der Waals surface area (Å²) in [7, 11) is 0. The average molecular weight is 269 g/mol. The van der Waals surface area contributed by atoms with Crippen LogP contribution in [0.1, 0.15) is 96.8 Å². The minimum absolute atomic E-state index is 0. The molecule has 3 radical (unpaired) electrons. The zero-order chi connectivity index (χ0) is 13.5. The molecule has 0 atom stereocenters.